The van der Waals surface area contributed by atoms with Crippen LogP contribution in [0.5, 0.6) is 0 Å². The first-order chi connectivity index (χ1) is 12.7. The van der Waals surface area contributed by atoms with E-state index in [1.165, 1.54) is 0 Å². The van der Waals surface area contributed by atoms with E-state index in [1.807, 2.05) is 11.6 Å². The molecular formula is C18H32N6O2. The minimum atomic E-state index is 0.333. The molecule has 8 nitrogen and oxygen atoms in total. The van der Waals surface area contributed by atoms with Gasteiger partial charge in [-0.1, -0.05) is 0 Å². The van der Waals surface area contributed by atoms with Crippen molar-refractivity contribution in [3.05, 3.63) is 11.6 Å². The third-order valence-electron chi connectivity index (χ3n) is 4.74. The summed E-state index contributed by atoms with van der Waals surface area (Å²) < 4.78 is 13.3. The monoisotopic (exact) mass is 364 g/mol. The van der Waals surface area contributed by atoms with E-state index in [2.05, 4.69) is 27.6 Å². The molecule has 1 aromatic heterocycles. The van der Waals surface area contributed by atoms with Gasteiger partial charge in [0.1, 0.15) is 11.6 Å². The second-order valence-electron chi connectivity index (χ2n) is 6.93. The molecule has 1 unspecified atom stereocenters. The van der Waals surface area contributed by atoms with Crippen LogP contribution in [0.25, 0.3) is 0 Å². The first-order valence-corrected chi connectivity index (χ1v) is 9.89. The largest absolute Gasteiger partial charge is 0.381 e. The van der Waals surface area contributed by atoms with Gasteiger partial charge in [-0.3, -0.25) is 4.99 Å². The predicted molar refractivity (Wildman–Crippen MR) is 100 cm³/mol. The number of aromatic nitrogens is 3. The van der Waals surface area contributed by atoms with E-state index in [0.29, 0.717) is 12.1 Å². The van der Waals surface area contributed by atoms with E-state index in [0.717, 1.165) is 89.2 Å². The van der Waals surface area contributed by atoms with Crippen molar-refractivity contribution in [1.29, 1.82) is 0 Å². The maximum absolute atomic E-state index is 5.91. The normalized spacial score (nSPS) is 21.5. The highest BCUT2D eigenvalue weighted by molar-refractivity contribution is 5.80. The lowest BCUT2D eigenvalue weighted by atomic mass is 10.1. The van der Waals surface area contributed by atoms with Crippen LogP contribution in [0.15, 0.2) is 4.99 Å². The zero-order chi connectivity index (χ0) is 18.2. The van der Waals surface area contributed by atoms with Gasteiger partial charge in [-0.25, -0.2) is 9.67 Å². The molecular weight excluding hydrogens is 332 g/mol. The molecule has 0 spiro atoms. The highest BCUT2D eigenvalue weighted by atomic mass is 16.5. The quantitative estimate of drug-likeness (QED) is 0.427. The number of rotatable bonds is 7. The maximum Gasteiger partial charge on any atom is 0.191 e. The fourth-order valence-corrected chi connectivity index (χ4v) is 3.41. The highest BCUT2D eigenvalue weighted by Gasteiger charge is 2.21. The minimum Gasteiger partial charge on any atom is -0.381 e. The average molecular weight is 364 g/mol. The van der Waals surface area contributed by atoms with Crippen LogP contribution in [0.2, 0.25) is 0 Å². The summed E-state index contributed by atoms with van der Waals surface area (Å²) in [6.45, 7) is 8.90. The number of nitrogens with one attached hydrogen (secondary N) is 2. The Morgan fingerprint density at radius 2 is 2.19 bits per heavy atom. The van der Waals surface area contributed by atoms with Gasteiger partial charge in [-0.2, -0.15) is 5.10 Å². The first kappa shape index (κ1) is 19.1. The summed E-state index contributed by atoms with van der Waals surface area (Å²) in [5.74, 6) is 2.82. The molecule has 0 aromatic carbocycles. The topological polar surface area (TPSA) is 85.6 Å². The molecule has 8 heteroatoms. The summed E-state index contributed by atoms with van der Waals surface area (Å²) in [5.41, 5.74) is 0. The Kier molecular flexibility index (Phi) is 7.25. The standard InChI is InChI=1S/C18H32N6O2/c1-3-19-18(20-9-4-10-26-16-7-11-25-12-8-16)22-15-5-6-17-21-14(2)23-24(17)13-15/h15-16H,3-13H2,1-2H3,(H2,19,20,22). The SMILES string of the molecule is CCNC(=NCCCOC1CCOCC1)NC1CCc2nc(C)nn2C1. The van der Waals surface area contributed by atoms with Gasteiger partial charge in [-0.15, -0.1) is 0 Å². The molecule has 3 heterocycles. The van der Waals surface area contributed by atoms with Crippen LogP contribution in [-0.2, 0) is 22.4 Å². The number of hydrogen-bond acceptors (Lipinski definition) is 5. The zero-order valence-corrected chi connectivity index (χ0v) is 16.0. The van der Waals surface area contributed by atoms with Crippen LogP contribution in [-0.4, -0.2) is 65.8 Å². The first-order valence-electron chi connectivity index (χ1n) is 9.89. The lowest BCUT2D eigenvalue weighted by Gasteiger charge is -2.25. The number of guanidine groups is 1. The van der Waals surface area contributed by atoms with Crippen LogP contribution >= 0.6 is 0 Å². The molecule has 0 bridgehead atoms. The molecule has 0 amide bonds. The Balaban J connectivity index is 1.40. The fraction of sp³-hybridized carbons (Fsp3) is 0.833. The molecule has 2 aliphatic rings. The van der Waals surface area contributed by atoms with Gasteiger partial charge in [-0.05, 0) is 39.5 Å². The van der Waals surface area contributed by atoms with Gasteiger partial charge in [0, 0.05) is 45.4 Å². The number of aryl methyl sites for hydroxylation is 2. The number of aliphatic imine (C=N–C) groups is 1. The molecule has 0 aliphatic carbocycles. The summed E-state index contributed by atoms with van der Waals surface area (Å²) in [4.78, 5) is 9.16. The molecule has 0 saturated carbocycles. The van der Waals surface area contributed by atoms with E-state index in [1.54, 1.807) is 0 Å². The van der Waals surface area contributed by atoms with Gasteiger partial charge < -0.3 is 20.1 Å². The lowest BCUT2D eigenvalue weighted by molar-refractivity contribution is -0.0318. The van der Waals surface area contributed by atoms with Gasteiger partial charge in [0.2, 0.25) is 0 Å². The van der Waals surface area contributed by atoms with Crippen molar-refractivity contribution in [2.24, 2.45) is 4.99 Å². The van der Waals surface area contributed by atoms with E-state index in [9.17, 15) is 0 Å². The molecule has 3 rings (SSSR count). The van der Waals surface area contributed by atoms with E-state index >= 15 is 0 Å². The number of hydrogen-bond donors (Lipinski definition) is 2. The molecule has 0 radical (unpaired) electrons. The Labute approximate surface area is 155 Å². The summed E-state index contributed by atoms with van der Waals surface area (Å²) >= 11 is 0. The molecule has 1 aromatic rings. The molecule has 1 fully saturated rings. The summed E-state index contributed by atoms with van der Waals surface area (Å²) in [5, 5.41) is 11.3. The smallest absolute Gasteiger partial charge is 0.191 e. The highest BCUT2D eigenvalue weighted by Crippen LogP contribution is 2.13. The third-order valence-corrected chi connectivity index (χ3v) is 4.74. The summed E-state index contributed by atoms with van der Waals surface area (Å²) in [7, 11) is 0. The number of fused-ring (bicyclic) bond motifs is 1. The van der Waals surface area contributed by atoms with Crippen molar-refractivity contribution in [2.45, 2.75) is 64.6 Å². The molecule has 146 valence electrons. The molecule has 26 heavy (non-hydrogen) atoms. The molecule has 1 atom stereocenters. The number of nitrogens with zero attached hydrogens (tertiary/aromatic N) is 4. The van der Waals surface area contributed by atoms with Crippen LogP contribution in [0, 0.1) is 6.92 Å². The minimum absolute atomic E-state index is 0.333. The Bertz CT molecular complexity index is 582. The lowest BCUT2D eigenvalue weighted by Crippen LogP contribution is -2.47. The van der Waals surface area contributed by atoms with Crippen LogP contribution < -0.4 is 10.6 Å². The van der Waals surface area contributed by atoms with E-state index < -0.39 is 0 Å². The van der Waals surface area contributed by atoms with Crippen molar-refractivity contribution in [1.82, 2.24) is 25.4 Å². The molecule has 1 saturated heterocycles. The van der Waals surface area contributed by atoms with Crippen molar-refractivity contribution in [2.75, 3.05) is 32.9 Å². The van der Waals surface area contributed by atoms with E-state index in [4.69, 9.17) is 14.5 Å². The zero-order valence-electron chi connectivity index (χ0n) is 16.0. The molecule has 2 aliphatic heterocycles. The van der Waals surface area contributed by atoms with Gasteiger partial charge in [0.05, 0.1) is 12.6 Å². The second kappa shape index (κ2) is 9.87. The maximum atomic E-state index is 5.91. The molecule has 2 N–H and O–H groups in total. The van der Waals surface area contributed by atoms with Crippen molar-refractivity contribution < 1.29 is 9.47 Å². The Hall–Kier alpha value is -1.67. The van der Waals surface area contributed by atoms with Gasteiger partial charge in [0.25, 0.3) is 0 Å². The van der Waals surface area contributed by atoms with Crippen molar-refractivity contribution >= 4 is 5.96 Å². The second-order valence-corrected chi connectivity index (χ2v) is 6.93. The fourth-order valence-electron chi connectivity index (χ4n) is 3.41. The van der Waals surface area contributed by atoms with Crippen LogP contribution in [0.1, 0.15) is 44.3 Å². The summed E-state index contributed by atoms with van der Waals surface area (Å²) in [6.07, 6.45) is 5.33. The van der Waals surface area contributed by atoms with Crippen LogP contribution in [0.4, 0.5) is 0 Å². The van der Waals surface area contributed by atoms with Crippen molar-refractivity contribution in [3.8, 4) is 0 Å². The Morgan fingerprint density at radius 3 is 3.00 bits per heavy atom. The van der Waals surface area contributed by atoms with Gasteiger partial charge in [0.15, 0.2) is 5.96 Å². The average Bonchev–Trinajstić information content (AvgIpc) is 3.01. The van der Waals surface area contributed by atoms with E-state index in [-0.39, 0.29) is 0 Å². The summed E-state index contributed by atoms with van der Waals surface area (Å²) in [6, 6.07) is 0.333. The number of ether oxygens (including phenoxy) is 2. The third kappa shape index (κ3) is 5.67. The van der Waals surface area contributed by atoms with Crippen molar-refractivity contribution in [3.63, 3.8) is 0 Å². The van der Waals surface area contributed by atoms with Gasteiger partial charge >= 0.3 is 0 Å². The predicted octanol–water partition coefficient (Wildman–Crippen LogP) is 1.04. The van der Waals surface area contributed by atoms with Crippen LogP contribution in [0.3, 0.4) is 0 Å². The Morgan fingerprint density at radius 1 is 1.35 bits per heavy atom.